The number of carbonyl (C=O) groups excluding carboxylic acids is 1. The molecule has 0 aliphatic heterocycles. The number of thioether (sulfide) groups is 1. The van der Waals surface area contributed by atoms with Gasteiger partial charge in [-0.1, -0.05) is 6.92 Å². The van der Waals surface area contributed by atoms with Crippen molar-refractivity contribution in [2.24, 2.45) is 0 Å². The fraction of sp³-hybridized carbons (Fsp3) is 0.562. The number of hydrogen-bond acceptors (Lipinski definition) is 4. The number of ketones is 1. The highest BCUT2D eigenvalue weighted by Gasteiger charge is 2.14. The molecule has 3 nitrogen and oxygen atoms in total. The average molecular weight is 295 g/mol. The molecule has 0 amide bonds. The van der Waals surface area contributed by atoms with Gasteiger partial charge in [0.05, 0.1) is 18.4 Å². The Morgan fingerprint density at radius 1 is 1.25 bits per heavy atom. The largest absolute Gasteiger partial charge is 0.496 e. The van der Waals surface area contributed by atoms with Crippen molar-refractivity contribution in [3.63, 3.8) is 0 Å². The predicted molar refractivity (Wildman–Crippen MR) is 88.5 cm³/mol. The lowest BCUT2D eigenvalue weighted by Crippen LogP contribution is -2.22. The van der Waals surface area contributed by atoms with Crippen molar-refractivity contribution in [3.05, 3.63) is 23.8 Å². The van der Waals surface area contributed by atoms with Crippen molar-refractivity contribution in [1.82, 2.24) is 0 Å². The first-order valence-electron chi connectivity index (χ1n) is 7.21. The first-order chi connectivity index (χ1) is 9.67. The molecule has 0 aliphatic rings. The maximum atomic E-state index is 12.2. The van der Waals surface area contributed by atoms with Crippen LogP contribution in [0.5, 0.6) is 5.75 Å². The molecule has 4 heteroatoms. The number of rotatable bonds is 9. The molecule has 20 heavy (non-hydrogen) atoms. The maximum Gasteiger partial charge on any atom is 0.176 e. The highest BCUT2D eigenvalue weighted by molar-refractivity contribution is 7.99. The zero-order valence-electron chi connectivity index (χ0n) is 12.9. The van der Waals surface area contributed by atoms with Gasteiger partial charge in [0.1, 0.15) is 5.75 Å². The zero-order valence-corrected chi connectivity index (χ0v) is 13.8. The number of carbonyl (C=O) groups is 1. The standard InChI is InChI=1S/C16H25NO2S/c1-5-10-20-12-15(18)14-9-8-13(11-16(14)19-4)17(6-2)7-3/h8-9,11H,5-7,10,12H2,1-4H3. The van der Waals surface area contributed by atoms with E-state index in [0.29, 0.717) is 17.1 Å². The van der Waals surface area contributed by atoms with Gasteiger partial charge in [0, 0.05) is 24.8 Å². The van der Waals surface area contributed by atoms with E-state index in [1.54, 1.807) is 18.9 Å². The van der Waals surface area contributed by atoms with Crippen LogP contribution >= 0.6 is 11.8 Å². The summed E-state index contributed by atoms with van der Waals surface area (Å²) in [6.07, 6.45) is 1.09. The second-order valence-electron chi connectivity index (χ2n) is 4.53. The average Bonchev–Trinajstić information content (AvgIpc) is 2.48. The number of benzene rings is 1. The normalized spacial score (nSPS) is 10.4. The predicted octanol–water partition coefficient (Wildman–Crippen LogP) is 3.87. The summed E-state index contributed by atoms with van der Waals surface area (Å²) in [4.78, 5) is 14.4. The summed E-state index contributed by atoms with van der Waals surface area (Å²) in [7, 11) is 1.62. The Balaban J connectivity index is 2.90. The van der Waals surface area contributed by atoms with E-state index in [0.717, 1.165) is 31.0 Å². The molecule has 112 valence electrons. The number of Topliss-reactive ketones (excluding diaryl/α,β-unsaturated/α-hetero) is 1. The van der Waals surface area contributed by atoms with E-state index >= 15 is 0 Å². The molecular weight excluding hydrogens is 270 g/mol. The lowest BCUT2D eigenvalue weighted by molar-refractivity contribution is 0.101. The van der Waals surface area contributed by atoms with E-state index in [4.69, 9.17) is 4.74 Å². The maximum absolute atomic E-state index is 12.2. The molecule has 0 N–H and O–H groups in total. The van der Waals surface area contributed by atoms with Crippen LogP contribution in [-0.4, -0.2) is 37.5 Å². The molecule has 0 bridgehead atoms. The smallest absolute Gasteiger partial charge is 0.176 e. The summed E-state index contributed by atoms with van der Waals surface area (Å²) in [6, 6.07) is 5.86. The molecule has 1 rings (SSSR count). The summed E-state index contributed by atoms with van der Waals surface area (Å²) in [5, 5.41) is 0. The molecule has 1 aromatic carbocycles. The third-order valence-electron chi connectivity index (χ3n) is 3.20. The van der Waals surface area contributed by atoms with Gasteiger partial charge in [-0.3, -0.25) is 4.79 Å². The molecule has 0 saturated heterocycles. The van der Waals surface area contributed by atoms with E-state index < -0.39 is 0 Å². The molecule has 0 heterocycles. The Hall–Kier alpha value is -1.16. The second kappa shape index (κ2) is 8.90. The highest BCUT2D eigenvalue weighted by Crippen LogP contribution is 2.27. The third-order valence-corrected chi connectivity index (χ3v) is 4.36. The molecule has 0 saturated carbocycles. The second-order valence-corrected chi connectivity index (χ2v) is 5.64. The molecule has 0 aliphatic carbocycles. The summed E-state index contributed by atoms with van der Waals surface area (Å²) in [6.45, 7) is 8.25. The summed E-state index contributed by atoms with van der Waals surface area (Å²) in [5.41, 5.74) is 1.79. The Morgan fingerprint density at radius 3 is 2.50 bits per heavy atom. The Morgan fingerprint density at radius 2 is 1.95 bits per heavy atom. The van der Waals surface area contributed by atoms with Crippen molar-refractivity contribution >= 4 is 23.2 Å². The molecule has 0 atom stereocenters. The highest BCUT2D eigenvalue weighted by atomic mass is 32.2. The summed E-state index contributed by atoms with van der Waals surface area (Å²) in [5.74, 6) is 2.36. The van der Waals surface area contributed by atoms with Gasteiger partial charge >= 0.3 is 0 Å². The fourth-order valence-corrected chi connectivity index (χ4v) is 2.86. The van der Waals surface area contributed by atoms with E-state index in [1.165, 1.54) is 0 Å². The number of anilines is 1. The quantitative estimate of drug-likeness (QED) is 0.511. The number of ether oxygens (including phenoxy) is 1. The van der Waals surface area contributed by atoms with Gasteiger partial charge in [-0.2, -0.15) is 11.8 Å². The van der Waals surface area contributed by atoms with Gasteiger partial charge in [-0.25, -0.2) is 0 Å². The van der Waals surface area contributed by atoms with Crippen LogP contribution in [0, 0.1) is 0 Å². The molecule has 0 radical (unpaired) electrons. The fourth-order valence-electron chi connectivity index (χ4n) is 2.08. The molecule has 1 aromatic rings. The first kappa shape index (κ1) is 16.9. The van der Waals surface area contributed by atoms with Crippen LogP contribution in [0.3, 0.4) is 0 Å². The van der Waals surface area contributed by atoms with Crippen LogP contribution < -0.4 is 9.64 Å². The Kier molecular flexibility index (Phi) is 7.52. The van der Waals surface area contributed by atoms with Gasteiger partial charge < -0.3 is 9.64 Å². The van der Waals surface area contributed by atoms with Crippen LogP contribution in [-0.2, 0) is 0 Å². The van der Waals surface area contributed by atoms with E-state index in [9.17, 15) is 4.79 Å². The SMILES string of the molecule is CCCSCC(=O)c1ccc(N(CC)CC)cc1OC. The van der Waals surface area contributed by atoms with Crippen LogP contribution in [0.15, 0.2) is 18.2 Å². The van der Waals surface area contributed by atoms with Gasteiger partial charge in [0.2, 0.25) is 0 Å². The van der Waals surface area contributed by atoms with Gasteiger partial charge in [-0.15, -0.1) is 0 Å². The zero-order chi connectivity index (χ0) is 15.0. The summed E-state index contributed by atoms with van der Waals surface area (Å²) < 4.78 is 5.40. The molecule has 0 unspecified atom stereocenters. The molecule has 0 aromatic heterocycles. The lowest BCUT2D eigenvalue weighted by Gasteiger charge is -2.22. The lowest BCUT2D eigenvalue weighted by atomic mass is 10.1. The van der Waals surface area contributed by atoms with Gasteiger partial charge in [0.25, 0.3) is 0 Å². The van der Waals surface area contributed by atoms with Crippen molar-refractivity contribution in [2.75, 3.05) is 36.6 Å². The minimum atomic E-state index is 0.145. The topological polar surface area (TPSA) is 29.5 Å². The van der Waals surface area contributed by atoms with Crippen LogP contribution in [0.1, 0.15) is 37.6 Å². The van der Waals surface area contributed by atoms with Crippen LogP contribution in [0.25, 0.3) is 0 Å². The van der Waals surface area contributed by atoms with E-state index in [2.05, 4.69) is 25.7 Å². The Bertz CT molecular complexity index is 430. The monoisotopic (exact) mass is 295 g/mol. The minimum Gasteiger partial charge on any atom is -0.496 e. The van der Waals surface area contributed by atoms with E-state index in [1.807, 2.05) is 18.2 Å². The number of methoxy groups -OCH3 is 1. The van der Waals surface area contributed by atoms with E-state index in [-0.39, 0.29) is 5.78 Å². The summed E-state index contributed by atoms with van der Waals surface area (Å²) >= 11 is 1.68. The van der Waals surface area contributed by atoms with Crippen LogP contribution in [0.4, 0.5) is 5.69 Å². The molecule has 0 spiro atoms. The Labute approximate surface area is 126 Å². The van der Waals surface area contributed by atoms with Crippen molar-refractivity contribution in [2.45, 2.75) is 27.2 Å². The van der Waals surface area contributed by atoms with Crippen LogP contribution in [0.2, 0.25) is 0 Å². The molecule has 0 fully saturated rings. The number of nitrogens with zero attached hydrogens (tertiary/aromatic N) is 1. The number of hydrogen-bond donors (Lipinski definition) is 0. The van der Waals surface area contributed by atoms with Crippen molar-refractivity contribution in [1.29, 1.82) is 0 Å². The first-order valence-corrected chi connectivity index (χ1v) is 8.37. The minimum absolute atomic E-state index is 0.145. The van der Waals surface area contributed by atoms with Gasteiger partial charge in [0.15, 0.2) is 5.78 Å². The van der Waals surface area contributed by atoms with Crippen molar-refractivity contribution in [3.8, 4) is 5.75 Å². The third kappa shape index (κ3) is 4.44. The molecular formula is C16H25NO2S. The van der Waals surface area contributed by atoms with Crippen molar-refractivity contribution < 1.29 is 9.53 Å². The van der Waals surface area contributed by atoms with Gasteiger partial charge in [-0.05, 0) is 38.2 Å².